The number of ether oxygens (including phenoxy) is 1. The molecule has 10 nitrogen and oxygen atoms in total. The molecule has 30 heavy (non-hydrogen) atoms. The number of carbonyl (C=O) groups is 3. The van der Waals surface area contributed by atoms with Gasteiger partial charge >= 0.3 is 0 Å². The average Bonchev–Trinajstić information content (AvgIpc) is 3.14. The van der Waals surface area contributed by atoms with Crippen LogP contribution in [0.15, 0.2) is 48.5 Å². The molecule has 2 aromatic rings. The molecule has 1 saturated heterocycles. The van der Waals surface area contributed by atoms with E-state index in [1.165, 1.54) is 23.1 Å². The number of carbonyl (C=O) groups excluding carboxylic acids is 3. The van der Waals surface area contributed by atoms with E-state index in [4.69, 9.17) is 4.74 Å². The van der Waals surface area contributed by atoms with Crippen LogP contribution in [0.2, 0.25) is 0 Å². The first-order chi connectivity index (χ1) is 14.4. The number of nitrogens with one attached hydrogen (secondary N) is 2. The van der Waals surface area contributed by atoms with Crippen molar-refractivity contribution in [3.8, 4) is 5.75 Å². The Balaban J connectivity index is 1.62. The summed E-state index contributed by atoms with van der Waals surface area (Å²) < 4.78 is 5.55. The number of hydrogen-bond acceptors (Lipinski definition) is 6. The SMILES string of the molecule is CCOc1ccccc1N1CC(C(=O)NNC(=O)c2cccc([N+](=O)[O-])c2)CC1=O. The second-order valence-corrected chi connectivity index (χ2v) is 6.56. The molecular weight excluding hydrogens is 392 g/mol. The number of hydrazine groups is 1. The Morgan fingerprint density at radius 3 is 2.70 bits per heavy atom. The van der Waals surface area contributed by atoms with Crippen molar-refractivity contribution in [2.45, 2.75) is 13.3 Å². The first-order valence-electron chi connectivity index (χ1n) is 9.27. The lowest BCUT2D eigenvalue weighted by Gasteiger charge is -2.20. The van der Waals surface area contributed by atoms with Gasteiger partial charge in [-0.1, -0.05) is 18.2 Å². The van der Waals surface area contributed by atoms with Gasteiger partial charge < -0.3 is 9.64 Å². The zero-order chi connectivity index (χ0) is 21.7. The van der Waals surface area contributed by atoms with Crippen molar-refractivity contribution in [3.63, 3.8) is 0 Å². The summed E-state index contributed by atoms with van der Waals surface area (Å²) in [6.45, 7) is 2.41. The molecule has 1 fully saturated rings. The van der Waals surface area contributed by atoms with Crippen LogP contribution in [-0.4, -0.2) is 35.8 Å². The fourth-order valence-electron chi connectivity index (χ4n) is 3.13. The van der Waals surface area contributed by atoms with E-state index >= 15 is 0 Å². The van der Waals surface area contributed by atoms with Gasteiger partial charge in [-0.25, -0.2) is 0 Å². The number of nitro groups is 1. The summed E-state index contributed by atoms with van der Waals surface area (Å²) in [4.78, 5) is 48.7. The lowest BCUT2D eigenvalue weighted by atomic mass is 10.1. The highest BCUT2D eigenvalue weighted by molar-refractivity contribution is 6.02. The lowest BCUT2D eigenvalue weighted by Crippen LogP contribution is -2.45. The van der Waals surface area contributed by atoms with Crippen LogP contribution in [0.5, 0.6) is 5.75 Å². The Morgan fingerprint density at radius 1 is 1.20 bits per heavy atom. The molecule has 1 heterocycles. The van der Waals surface area contributed by atoms with E-state index in [0.717, 1.165) is 6.07 Å². The largest absolute Gasteiger partial charge is 0.492 e. The van der Waals surface area contributed by atoms with Gasteiger partial charge in [0, 0.05) is 30.7 Å². The minimum atomic E-state index is -0.699. The summed E-state index contributed by atoms with van der Waals surface area (Å²) in [7, 11) is 0. The Morgan fingerprint density at radius 2 is 1.97 bits per heavy atom. The van der Waals surface area contributed by atoms with Crippen LogP contribution in [0, 0.1) is 16.0 Å². The van der Waals surface area contributed by atoms with Crippen molar-refractivity contribution in [2.24, 2.45) is 5.92 Å². The van der Waals surface area contributed by atoms with Gasteiger partial charge in [0.05, 0.1) is 23.1 Å². The zero-order valence-corrected chi connectivity index (χ0v) is 16.2. The number of nitro benzene ring substituents is 1. The first kappa shape index (κ1) is 20.8. The highest BCUT2D eigenvalue weighted by Gasteiger charge is 2.36. The molecule has 0 saturated carbocycles. The maximum absolute atomic E-state index is 12.4. The Hall–Kier alpha value is -3.95. The normalized spacial score (nSPS) is 15.6. The van der Waals surface area contributed by atoms with Crippen LogP contribution in [-0.2, 0) is 9.59 Å². The topological polar surface area (TPSA) is 131 Å². The smallest absolute Gasteiger partial charge is 0.270 e. The summed E-state index contributed by atoms with van der Waals surface area (Å²) in [6.07, 6.45) is -0.0149. The fraction of sp³-hybridized carbons (Fsp3) is 0.250. The molecule has 1 unspecified atom stereocenters. The van der Waals surface area contributed by atoms with Crippen molar-refractivity contribution >= 4 is 29.1 Å². The minimum absolute atomic E-state index is 0.0149. The molecule has 0 spiro atoms. The van der Waals surface area contributed by atoms with Gasteiger partial charge in [-0.2, -0.15) is 0 Å². The van der Waals surface area contributed by atoms with Gasteiger partial charge in [0.15, 0.2) is 0 Å². The van der Waals surface area contributed by atoms with Crippen LogP contribution < -0.4 is 20.5 Å². The summed E-state index contributed by atoms with van der Waals surface area (Å²) in [5.74, 6) is -1.58. The maximum atomic E-state index is 12.4. The maximum Gasteiger partial charge on any atom is 0.270 e. The fourth-order valence-corrected chi connectivity index (χ4v) is 3.13. The van der Waals surface area contributed by atoms with Gasteiger partial charge in [0.25, 0.3) is 11.6 Å². The van der Waals surface area contributed by atoms with Gasteiger partial charge in [-0.05, 0) is 25.1 Å². The van der Waals surface area contributed by atoms with Gasteiger partial charge in [-0.15, -0.1) is 0 Å². The van der Waals surface area contributed by atoms with Crippen molar-refractivity contribution in [3.05, 3.63) is 64.2 Å². The highest BCUT2D eigenvalue weighted by atomic mass is 16.6. The number of hydrogen-bond donors (Lipinski definition) is 2. The van der Waals surface area contributed by atoms with Crippen LogP contribution in [0.3, 0.4) is 0 Å². The number of benzene rings is 2. The summed E-state index contributed by atoms with van der Waals surface area (Å²) >= 11 is 0. The van der Waals surface area contributed by atoms with Crippen molar-refractivity contribution in [2.75, 3.05) is 18.1 Å². The average molecular weight is 412 g/mol. The molecule has 10 heteroatoms. The van der Waals surface area contributed by atoms with E-state index < -0.39 is 22.7 Å². The quantitative estimate of drug-likeness (QED) is 0.550. The predicted octanol–water partition coefficient (Wildman–Crippen LogP) is 1.81. The highest BCUT2D eigenvalue weighted by Crippen LogP contribution is 2.33. The summed E-state index contributed by atoms with van der Waals surface area (Å²) in [5, 5.41) is 10.8. The monoisotopic (exact) mass is 412 g/mol. The Labute approximate surface area is 171 Å². The van der Waals surface area contributed by atoms with Crippen molar-refractivity contribution in [1.82, 2.24) is 10.9 Å². The van der Waals surface area contributed by atoms with Gasteiger partial charge in [0.1, 0.15) is 5.75 Å². The number of non-ortho nitro benzene ring substituents is 1. The van der Waals surface area contributed by atoms with E-state index in [1.807, 2.05) is 6.92 Å². The number of amides is 3. The second kappa shape index (κ2) is 9.03. The molecular formula is C20H20N4O6. The third-order valence-corrected chi connectivity index (χ3v) is 4.57. The molecule has 0 bridgehead atoms. The molecule has 1 atom stereocenters. The zero-order valence-electron chi connectivity index (χ0n) is 16.2. The lowest BCUT2D eigenvalue weighted by molar-refractivity contribution is -0.384. The predicted molar refractivity (Wildman–Crippen MR) is 107 cm³/mol. The minimum Gasteiger partial charge on any atom is -0.492 e. The third kappa shape index (κ3) is 4.54. The van der Waals surface area contributed by atoms with E-state index in [2.05, 4.69) is 10.9 Å². The molecule has 2 aromatic carbocycles. The third-order valence-electron chi connectivity index (χ3n) is 4.57. The standard InChI is InChI=1S/C20H20N4O6/c1-2-30-17-9-4-3-8-16(17)23-12-14(11-18(23)25)20(27)22-21-19(26)13-6-5-7-15(10-13)24(28)29/h3-10,14H,2,11-12H2,1H3,(H,21,26)(H,22,27). The molecule has 1 aliphatic heterocycles. The second-order valence-electron chi connectivity index (χ2n) is 6.56. The van der Waals surface area contributed by atoms with E-state index in [0.29, 0.717) is 18.0 Å². The van der Waals surface area contributed by atoms with Gasteiger partial charge in [-0.3, -0.25) is 35.3 Å². The van der Waals surface area contributed by atoms with Crippen molar-refractivity contribution < 1.29 is 24.0 Å². The molecule has 3 amide bonds. The number of rotatable bonds is 6. The number of anilines is 1. The van der Waals surface area contributed by atoms with Crippen molar-refractivity contribution in [1.29, 1.82) is 0 Å². The molecule has 156 valence electrons. The first-order valence-corrected chi connectivity index (χ1v) is 9.27. The van der Waals surface area contributed by atoms with Crippen LogP contribution >= 0.6 is 0 Å². The molecule has 2 N–H and O–H groups in total. The molecule has 3 rings (SSSR count). The van der Waals surface area contributed by atoms with Crippen LogP contribution in [0.25, 0.3) is 0 Å². The molecule has 1 aliphatic rings. The molecule has 0 aliphatic carbocycles. The summed E-state index contributed by atoms with van der Waals surface area (Å²) in [6, 6.07) is 12.2. The Bertz CT molecular complexity index is 993. The Kier molecular flexibility index (Phi) is 6.26. The molecule has 0 radical (unpaired) electrons. The molecule has 0 aromatic heterocycles. The van der Waals surface area contributed by atoms with Gasteiger partial charge in [0.2, 0.25) is 11.8 Å². The van der Waals surface area contributed by atoms with E-state index in [9.17, 15) is 24.5 Å². The number of nitrogens with zero attached hydrogens (tertiary/aromatic N) is 2. The number of para-hydroxylation sites is 2. The van der Waals surface area contributed by atoms with E-state index in [1.54, 1.807) is 24.3 Å². The summed E-state index contributed by atoms with van der Waals surface area (Å²) in [5.41, 5.74) is 4.89. The van der Waals surface area contributed by atoms with E-state index in [-0.39, 0.29) is 30.1 Å². The van der Waals surface area contributed by atoms with Crippen LogP contribution in [0.1, 0.15) is 23.7 Å². The van der Waals surface area contributed by atoms with Crippen LogP contribution in [0.4, 0.5) is 11.4 Å².